The molecular weight excluding hydrogens is 174 g/mol. The van der Waals surface area contributed by atoms with Crippen LogP contribution < -0.4 is 0 Å². The van der Waals surface area contributed by atoms with Crippen LogP contribution in [-0.2, 0) is 4.79 Å². The molecule has 0 unspecified atom stereocenters. The first kappa shape index (κ1) is 13.6. The van der Waals surface area contributed by atoms with Gasteiger partial charge in [0, 0.05) is 24.4 Å². The lowest BCUT2D eigenvalue weighted by atomic mass is 9.89. The summed E-state index contributed by atoms with van der Waals surface area (Å²) in [5, 5.41) is 0. The number of carbonyl (C=O) groups is 1. The van der Waals surface area contributed by atoms with Crippen molar-refractivity contribution < 1.29 is 4.79 Å². The van der Waals surface area contributed by atoms with Gasteiger partial charge in [-0.25, -0.2) is 0 Å². The van der Waals surface area contributed by atoms with Crippen LogP contribution >= 0.6 is 0 Å². The number of hydrogen-bond donors (Lipinski definition) is 0. The van der Waals surface area contributed by atoms with Gasteiger partial charge >= 0.3 is 0 Å². The van der Waals surface area contributed by atoms with Crippen molar-refractivity contribution in [2.75, 3.05) is 13.1 Å². The maximum atomic E-state index is 11.7. The summed E-state index contributed by atoms with van der Waals surface area (Å²) in [5.74, 6) is 0.358. The van der Waals surface area contributed by atoms with Crippen LogP contribution in [-0.4, -0.2) is 29.8 Å². The lowest BCUT2D eigenvalue weighted by molar-refractivity contribution is -0.126. The van der Waals surface area contributed by atoms with E-state index in [1.807, 2.05) is 20.8 Å². The second-order valence-corrected chi connectivity index (χ2v) is 5.15. The standard InChI is InChI=1S/C12H25NO/c1-7-13(10(2)3)9-8-11(14)12(4,5)6/h10H,7-9H2,1-6H3. The van der Waals surface area contributed by atoms with Gasteiger partial charge in [0.25, 0.3) is 0 Å². The molecule has 0 heterocycles. The molecule has 0 aliphatic carbocycles. The summed E-state index contributed by atoms with van der Waals surface area (Å²) in [6, 6.07) is 0.535. The molecule has 0 fully saturated rings. The van der Waals surface area contributed by atoms with E-state index in [9.17, 15) is 4.79 Å². The smallest absolute Gasteiger partial charge is 0.139 e. The van der Waals surface area contributed by atoms with E-state index in [1.54, 1.807) is 0 Å². The highest BCUT2D eigenvalue weighted by Gasteiger charge is 2.21. The number of ketones is 1. The Hall–Kier alpha value is -0.370. The van der Waals surface area contributed by atoms with E-state index in [0.717, 1.165) is 13.1 Å². The number of carbonyl (C=O) groups excluding carboxylic acids is 1. The number of hydrogen-bond acceptors (Lipinski definition) is 2. The van der Waals surface area contributed by atoms with Gasteiger partial charge in [0.2, 0.25) is 0 Å². The van der Waals surface area contributed by atoms with Gasteiger partial charge in [0.1, 0.15) is 5.78 Å². The average molecular weight is 199 g/mol. The van der Waals surface area contributed by atoms with Crippen LogP contribution in [0.5, 0.6) is 0 Å². The molecule has 0 aromatic heterocycles. The molecule has 0 spiro atoms. The third kappa shape index (κ3) is 4.75. The van der Waals surface area contributed by atoms with E-state index in [0.29, 0.717) is 18.2 Å². The summed E-state index contributed by atoms with van der Waals surface area (Å²) in [6.45, 7) is 14.4. The fourth-order valence-electron chi connectivity index (χ4n) is 1.40. The van der Waals surface area contributed by atoms with Crippen molar-refractivity contribution >= 4 is 5.78 Å². The molecule has 0 saturated heterocycles. The topological polar surface area (TPSA) is 20.3 Å². The zero-order valence-electron chi connectivity index (χ0n) is 10.6. The summed E-state index contributed by atoms with van der Waals surface area (Å²) in [6.07, 6.45) is 0.676. The summed E-state index contributed by atoms with van der Waals surface area (Å²) in [7, 11) is 0. The van der Waals surface area contributed by atoms with Crippen molar-refractivity contribution in [3.63, 3.8) is 0 Å². The fourth-order valence-corrected chi connectivity index (χ4v) is 1.40. The lowest BCUT2D eigenvalue weighted by Crippen LogP contribution is -2.34. The molecular formula is C12H25NO. The second kappa shape index (κ2) is 5.50. The second-order valence-electron chi connectivity index (χ2n) is 5.15. The van der Waals surface area contributed by atoms with Gasteiger partial charge in [-0.2, -0.15) is 0 Å². The Morgan fingerprint density at radius 1 is 1.29 bits per heavy atom. The Kier molecular flexibility index (Phi) is 5.35. The van der Waals surface area contributed by atoms with Crippen molar-refractivity contribution in [1.29, 1.82) is 0 Å². The Morgan fingerprint density at radius 3 is 2.07 bits per heavy atom. The van der Waals surface area contributed by atoms with Gasteiger partial charge in [-0.3, -0.25) is 4.79 Å². The minimum atomic E-state index is -0.184. The predicted molar refractivity (Wildman–Crippen MR) is 61.5 cm³/mol. The van der Waals surface area contributed by atoms with Crippen molar-refractivity contribution in [1.82, 2.24) is 4.90 Å². The average Bonchev–Trinajstić information content (AvgIpc) is 2.02. The summed E-state index contributed by atoms with van der Waals surface area (Å²) in [4.78, 5) is 14.0. The summed E-state index contributed by atoms with van der Waals surface area (Å²) < 4.78 is 0. The molecule has 0 amide bonds. The van der Waals surface area contributed by atoms with E-state index in [-0.39, 0.29) is 5.41 Å². The number of rotatable bonds is 5. The highest BCUT2D eigenvalue weighted by atomic mass is 16.1. The SMILES string of the molecule is CCN(CCC(=O)C(C)(C)C)C(C)C. The predicted octanol–water partition coefficient (Wildman–Crippen LogP) is 2.72. The first-order valence-electron chi connectivity index (χ1n) is 5.56. The van der Waals surface area contributed by atoms with Gasteiger partial charge in [0.15, 0.2) is 0 Å². The molecule has 0 saturated carbocycles. The molecule has 0 atom stereocenters. The minimum absolute atomic E-state index is 0.184. The first-order chi connectivity index (χ1) is 6.29. The summed E-state index contributed by atoms with van der Waals surface area (Å²) >= 11 is 0. The molecule has 0 rings (SSSR count). The van der Waals surface area contributed by atoms with Crippen LogP contribution in [0.15, 0.2) is 0 Å². The van der Waals surface area contributed by atoms with Crippen LogP contribution in [0, 0.1) is 5.41 Å². The van der Waals surface area contributed by atoms with Crippen LogP contribution in [0.1, 0.15) is 48.0 Å². The number of nitrogens with zero attached hydrogens (tertiary/aromatic N) is 1. The van der Waals surface area contributed by atoms with E-state index in [4.69, 9.17) is 0 Å². The molecule has 84 valence electrons. The van der Waals surface area contributed by atoms with E-state index in [1.165, 1.54) is 0 Å². The third-order valence-corrected chi connectivity index (χ3v) is 2.60. The van der Waals surface area contributed by atoms with Gasteiger partial charge < -0.3 is 4.90 Å². The molecule has 0 aliphatic heterocycles. The van der Waals surface area contributed by atoms with Crippen LogP contribution in [0.25, 0.3) is 0 Å². The zero-order valence-corrected chi connectivity index (χ0v) is 10.6. The number of Topliss-reactive ketones (excluding diaryl/α,β-unsaturated/α-hetero) is 1. The maximum absolute atomic E-state index is 11.7. The normalized spacial score (nSPS) is 12.6. The Morgan fingerprint density at radius 2 is 1.79 bits per heavy atom. The Labute approximate surface area is 88.7 Å². The molecule has 0 radical (unpaired) electrons. The molecule has 2 nitrogen and oxygen atoms in total. The van der Waals surface area contributed by atoms with Gasteiger partial charge in [0.05, 0.1) is 0 Å². The molecule has 14 heavy (non-hydrogen) atoms. The Bertz CT molecular complexity index is 179. The monoisotopic (exact) mass is 199 g/mol. The van der Waals surface area contributed by atoms with Crippen molar-refractivity contribution in [2.45, 2.75) is 54.0 Å². The van der Waals surface area contributed by atoms with Crippen LogP contribution in [0.3, 0.4) is 0 Å². The first-order valence-corrected chi connectivity index (χ1v) is 5.56. The molecule has 0 N–H and O–H groups in total. The third-order valence-electron chi connectivity index (χ3n) is 2.60. The highest BCUT2D eigenvalue weighted by Crippen LogP contribution is 2.17. The quantitative estimate of drug-likeness (QED) is 0.678. The molecule has 0 bridgehead atoms. The minimum Gasteiger partial charge on any atom is -0.301 e. The highest BCUT2D eigenvalue weighted by molar-refractivity contribution is 5.83. The molecule has 2 heteroatoms. The van der Waals surface area contributed by atoms with Gasteiger partial charge in [-0.15, -0.1) is 0 Å². The van der Waals surface area contributed by atoms with E-state index >= 15 is 0 Å². The lowest BCUT2D eigenvalue weighted by Gasteiger charge is -2.26. The Balaban J connectivity index is 3.99. The largest absolute Gasteiger partial charge is 0.301 e. The van der Waals surface area contributed by atoms with Crippen LogP contribution in [0.4, 0.5) is 0 Å². The fraction of sp³-hybridized carbons (Fsp3) is 0.917. The van der Waals surface area contributed by atoms with Gasteiger partial charge in [-0.1, -0.05) is 27.7 Å². The van der Waals surface area contributed by atoms with E-state index in [2.05, 4.69) is 25.7 Å². The van der Waals surface area contributed by atoms with Crippen molar-refractivity contribution in [3.05, 3.63) is 0 Å². The van der Waals surface area contributed by atoms with Crippen molar-refractivity contribution in [2.24, 2.45) is 5.41 Å². The van der Waals surface area contributed by atoms with Crippen molar-refractivity contribution in [3.8, 4) is 0 Å². The zero-order chi connectivity index (χ0) is 11.4. The summed E-state index contributed by atoms with van der Waals surface area (Å²) in [5.41, 5.74) is -0.184. The molecule has 0 aromatic carbocycles. The molecule has 0 aliphatic rings. The molecule has 0 aromatic rings. The van der Waals surface area contributed by atoms with Gasteiger partial charge in [-0.05, 0) is 20.4 Å². The van der Waals surface area contributed by atoms with E-state index < -0.39 is 0 Å². The maximum Gasteiger partial charge on any atom is 0.139 e. The van der Waals surface area contributed by atoms with Crippen LogP contribution in [0.2, 0.25) is 0 Å².